The third kappa shape index (κ3) is 2.12. The lowest BCUT2D eigenvalue weighted by atomic mass is 9.86. The van der Waals surface area contributed by atoms with Gasteiger partial charge in [-0.05, 0) is 39.7 Å². The van der Waals surface area contributed by atoms with Crippen molar-refractivity contribution in [1.29, 1.82) is 0 Å². The van der Waals surface area contributed by atoms with Crippen LogP contribution in [0, 0.1) is 6.92 Å². The highest BCUT2D eigenvalue weighted by Gasteiger charge is 2.23. The molecule has 4 heteroatoms. The normalized spacial score (nSPS) is 27.9. The lowest BCUT2D eigenvalue weighted by Crippen LogP contribution is -2.29. The van der Waals surface area contributed by atoms with E-state index in [-0.39, 0.29) is 0 Å². The fourth-order valence-corrected chi connectivity index (χ4v) is 2.97. The van der Waals surface area contributed by atoms with Gasteiger partial charge in [-0.3, -0.25) is 0 Å². The maximum Gasteiger partial charge on any atom is 0.120 e. The Labute approximate surface area is 88.9 Å². The summed E-state index contributed by atoms with van der Waals surface area (Å²) in [5, 5.41) is 14.0. The molecule has 0 aliphatic heterocycles. The molecule has 1 aromatic rings. The smallest absolute Gasteiger partial charge is 0.120 e. The molecule has 78 valence electrons. The van der Waals surface area contributed by atoms with Gasteiger partial charge in [-0.25, -0.2) is 0 Å². The first-order chi connectivity index (χ1) is 6.79. The Balaban J connectivity index is 1.95. The third-order valence-electron chi connectivity index (χ3n) is 3.03. The van der Waals surface area contributed by atoms with Gasteiger partial charge < -0.3 is 5.32 Å². The van der Waals surface area contributed by atoms with E-state index in [1.807, 2.05) is 6.92 Å². The summed E-state index contributed by atoms with van der Waals surface area (Å²) in [5.74, 6) is 0.672. The molecule has 1 heterocycles. The lowest BCUT2D eigenvalue weighted by molar-refractivity contribution is 0.357. The van der Waals surface area contributed by atoms with Crippen LogP contribution in [-0.2, 0) is 0 Å². The monoisotopic (exact) mass is 211 g/mol. The quantitative estimate of drug-likeness (QED) is 0.814. The molecular weight excluding hydrogens is 194 g/mol. The molecule has 1 aliphatic rings. The van der Waals surface area contributed by atoms with Crippen LogP contribution in [0.2, 0.25) is 0 Å². The summed E-state index contributed by atoms with van der Waals surface area (Å²) in [6.45, 7) is 2.03. The molecule has 0 saturated heterocycles. The summed E-state index contributed by atoms with van der Waals surface area (Å²) >= 11 is 1.76. The minimum absolute atomic E-state index is 0.672. The molecule has 0 unspecified atom stereocenters. The molecular formula is C10H17N3S. The topological polar surface area (TPSA) is 37.8 Å². The standard InChI is InChI=1S/C10H17N3S/c1-7-12-13-10(14-7)8-3-5-9(11-2)6-4-8/h8-9,11H,3-6H2,1-2H3. The Morgan fingerprint density at radius 1 is 1.21 bits per heavy atom. The average Bonchev–Trinajstić information content (AvgIpc) is 2.65. The van der Waals surface area contributed by atoms with Crippen molar-refractivity contribution in [1.82, 2.24) is 15.5 Å². The van der Waals surface area contributed by atoms with Gasteiger partial charge in [0, 0.05) is 12.0 Å². The zero-order valence-corrected chi connectivity index (χ0v) is 9.60. The summed E-state index contributed by atoms with van der Waals surface area (Å²) in [6.07, 6.45) is 5.08. The Morgan fingerprint density at radius 3 is 2.43 bits per heavy atom. The van der Waals surface area contributed by atoms with E-state index in [4.69, 9.17) is 0 Å². The Bertz CT molecular complexity index is 289. The van der Waals surface area contributed by atoms with Crippen LogP contribution in [0.5, 0.6) is 0 Å². The molecule has 1 N–H and O–H groups in total. The first-order valence-corrected chi connectivity index (χ1v) is 6.08. The molecule has 0 radical (unpaired) electrons. The van der Waals surface area contributed by atoms with E-state index in [2.05, 4.69) is 22.6 Å². The second-order valence-corrected chi connectivity index (χ2v) is 5.21. The van der Waals surface area contributed by atoms with E-state index in [1.165, 1.54) is 30.7 Å². The molecule has 1 aromatic heterocycles. The highest BCUT2D eigenvalue weighted by Crippen LogP contribution is 2.33. The minimum atomic E-state index is 0.672. The van der Waals surface area contributed by atoms with E-state index < -0.39 is 0 Å². The van der Waals surface area contributed by atoms with Gasteiger partial charge in [0.25, 0.3) is 0 Å². The molecule has 0 amide bonds. The van der Waals surface area contributed by atoms with Crippen molar-refractivity contribution in [3.05, 3.63) is 10.0 Å². The minimum Gasteiger partial charge on any atom is -0.317 e. The first kappa shape index (κ1) is 10.1. The van der Waals surface area contributed by atoms with Crippen LogP contribution in [0.4, 0.5) is 0 Å². The van der Waals surface area contributed by atoms with Crippen LogP contribution >= 0.6 is 11.3 Å². The molecule has 0 aromatic carbocycles. The van der Waals surface area contributed by atoms with Crippen molar-refractivity contribution in [2.24, 2.45) is 0 Å². The molecule has 0 spiro atoms. The third-order valence-corrected chi connectivity index (χ3v) is 4.03. The number of hydrogen-bond donors (Lipinski definition) is 1. The van der Waals surface area contributed by atoms with Crippen LogP contribution < -0.4 is 5.32 Å². The largest absolute Gasteiger partial charge is 0.317 e. The zero-order valence-electron chi connectivity index (χ0n) is 8.79. The van der Waals surface area contributed by atoms with Crippen molar-refractivity contribution in [2.45, 2.75) is 44.6 Å². The van der Waals surface area contributed by atoms with Crippen LogP contribution in [-0.4, -0.2) is 23.3 Å². The van der Waals surface area contributed by atoms with Gasteiger partial charge >= 0.3 is 0 Å². The average molecular weight is 211 g/mol. The Hall–Kier alpha value is -0.480. The lowest BCUT2D eigenvalue weighted by Gasteiger charge is -2.26. The zero-order chi connectivity index (χ0) is 9.97. The number of nitrogens with one attached hydrogen (secondary N) is 1. The Morgan fingerprint density at radius 2 is 1.93 bits per heavy atom. The van der Waals surface area contributed by atoms with E-state index in [1.54, 1.807) is 11.3 Å². The molecule has 0 atom stereocenters. The van der Waals surface area contributed by atoms with Crippen molar-refractivity contribution in [2.75, 3.05) is 7.05 Å². The van der Waals surface area contributed by atoms with Gasteiger partial charge in [0.1, 0.15) is 10.0 Å². The SMILES string of the molecule is CNC1CCC(c2nnc(C)s2)CC1. The number of aromatic nitrogens is 2. The van der Waals surface area contributed by atoms with Gasteiger partial charge in [-0.15, -0.1) is 21.5 Å². The number of rotatable bonds is 2. The highest BCUT2D eigenvalue weighted by molar-refractivity contribution is 7.11. The number of hydrogen-bond acceptors (Lipinski definition) is 4. The second kappa shape index (κ2) is 4.36. The fourth-order valence-electron chi connectivity index (χ4n) is 2.11. The van der Waals surface area contributed by atoms with Crippen LogP contribution in [0.25, 0.3) is 0 Å². The van der Waals surface area contributed by atoms with Gasteiger partial charge in [0.2, 0.25) is 0 Å². The summed E-state index contributed by atoms with van der Waals surface area (Å²) in [6, 6.07) is 0.722. The summed E-state index contributed by atoms with van der Waals surface area (Å²) in [5.41, 5.74) is 0. The van der Waals surface area contributed by atoms with Crippen molar-refractivity contribution in [3.63, 3.8) is 0 Å². The molecule has 1 aliphatic carbocycles. The summed E-state index contributed by atoms with van der Waals surface area (Å²) in [4.78, 5) is 0. The molecule has 14 heavy (non-hydrogen) atoms. The predicted octanol–water partition coefficient (Wildman–Crippen LogP) is 2.09. The van der Waals surface area contributed by atoms with E-state index >= 15 is 0 Å². The van der Waals surface area contributed by atoms with Crippen LogP contribution in [0.1, 0.15) is 41.6 Å². The van der Waals surface area contributed by atoms with Crippen molar-refractivity contribution in [3.8, 4) is 0 Å². The molecule has 1 saturated carbocycles. The van der Waals surface area contributed by atoms with Crippen molar-refractivity contribution >= 4 is 11.3 Å². The Kier molecular flexibility index (Phi) is 3.13. The summed E-state index contributed by atoms with van der Waals surface area (Å²) in [7, 11) is 2.06. The van der Waals surface area contributed by atoms with Crippen LogP contribution in [0.3, 0.4) is 0 Å². The number of aryl methyl sites for hydroxylation is 1. The second-order valence-electron chi connectivity index (χ2n) is 4.00. The van der Waals surface area contributed by atoms with Crippen molar-refractivity contribution < 1.29 is 0 Å². The predicted molar refractivity (Wildman–Crippen MR) is 58.7 cm³/mol. The van der Waals surface area contributed by atoms with E-state index in [0.717, 1.165) is 11.0 Å². The van der Waals surface area contributed by atoms with Gasteiger partial charge in [-0.2, -0.15) is 0 Å². The van der Waals surface area contributed by atoms with Crippen LogP contribution in [0.15, 0.2) is 0 Å². The highest BCUT2D eigenvalue weighted by atomic mass is 32.1. The molecule has 3 nitrogen and oxygen atoms in total. The molecule has 0 bridgehead atoms. The van der Waals surface area contributed by atoms with Gasteiger partial charge in [0.05, 0.1) is 0 Å². The van der Waals surface area contributed by atoms with Gasteiger partial charge in [0.15, 0.2) is 0 Å². The van der Waals surface area contributed by atoms with E-state index in [0.29, 0.717) is 5.92 Å². The summed E-state index contributed by atoms with van der Waals surface area (Å²) < 4.78 is 0. The fraction of sp³-hybridized carbons (Fsp3) is 0.800. The maximum absolute atomic E-state index is 4.24. The maximum atomic E-state index is 4.24. The van der Waals surface area contributed by atoms with E-state index in [9.17, 15) is 0 Å². The number of nitrogens with zero attached hydrogens (tertiary/aromatic N) is 2. The molecule has 2 rings (SSSR count). The first-order valence-electron chi connectivity index (χ1n) is 5.27. The van der Waals surface area contributed by atoms with Gasteiger partial charge in [-0.1, -0.05) is 0 Å². The molecule has 1 fully saturated rings.